The highest BCUT2D eigenvalue weighted by atomic mass is 35.5. The Hall–Kier alpha value is -3.04. The van der Waals surface area contributed by atoms with Gasteiger partial charge in [0.05, 0.1) is 12.8 Å². The fraction of sp³-hybridized carbons (Fsp3) is 0.200. The number of amides is 1. The molecule has 0 bridgehead atoms. The maximum Gasteiger partial charge on any atom is 0.226 e. The molecule has 0 aliphatic rings. The second-order valence-electron chi connectivity index (χ2n) is 6.45. The third-order valence-corrected chi connectivity index (χ3v) is 5.39. The van der Waals surface area contributed by atoms with Crippen molar-refractivity contribution in [3.8, 4) is 11.4 Å². The molecule has 0 aliphatic heterocycles. The first kappa shape index (κ1) is 20.2. The Morgan fingerprint density at radius 1 is 1.23 bits per heavy atom. The molecule has 0 spiro atoms. The average molecular weight is 444 g/mol. The van der Waals surface area contributed by atoms with Crippen molar-refractivity contribution in [3.05, 3.63) is 65.3 Å². The molecular weight excluding hydrogens is 426 g/mol. The largest absolute Gasteiger partial charge is 0.467 e. The van der Waals surface area contributed by atoms with Gasteiger partial charge in [0.15, 0.2) is 16.8 Å². The quantitative estimate of drug-likeness (QED) is 0.395. The molecule has 0 unspecified atom stereocenters. The number of carbonyl (C=O) groups excluding carboxylic acids is 1. The van der Waals surface area contributed by atoms with Gasteiger partial charge in [-0.05, 0) is 43.3 Å². The van der Waals surface area contributed by atoms with Crippen LogP contribution in [0.3, 0.4) is 0 Å². The lowest BCUT2D eigenvalue weighted by atomic mass is 10.2. The molecule has 3 heterocycles. The van der Waals surface area contributed by atoms with Crippen LogP contribution in [0, 0.1) is 6.92 Å². The predicted molar refractivity (Wildman–Crippen MR) is 113 cm³/mol. The fourth-order valence-electron chi connectivity index (χ4n) is 2.77. The fourth-order valence-corrected chi connectivity index (χ4v) is 3.78. The topological polar surface area (TPSA) is 99.0 Å². The van der Waals surface area contributed by atoms with Crippen molar-refractivity contribution < 1.29 is 13.7 Å². The number of nitrogens with one attached hydrogen (secondary N) is 1. The molecule has 1 aromatic carbocycles. The minimum absolute atomic E-state index is 0.147. The number of nitrogens with zero attached hydrogens (tertiary/aromatic N) is 4. The van der Waals surface area contributed by atoms with Gasteiger partial charge in [-0.2, -0.15) is 0 Å². The number of aryl methyl sites for hydroxylation is 1. The first-order valence-electron chi connectivity index (χ1n) is 9.16. The molecule has 10 heteroatoms. The second kappa shape index (κ2) is 9.19. The molecule has 154 valence electrons. The van der Waals surface area contributed by atoms with E-state index in [1.807, 2.05) is 41.0 Å². The summed E-state index contributed by atoms with van der Waals surface area (Å²) in [6, 6.07) is 12.8. The number of rotatable bonds is 8. The molecular formula is C20H18ClN5O3S. The van der Waals surface area contributed by atoms with E-state index in [4.69, 9.17) is 20.5 Å². The monoisotopic (exact) mass is 443 g/mol. The standard InChI is InChI=1S/C20H18ClN5O3S/c1-13-11-17(25-29-13)22-18(27)8-10-30-20-24-23-19(14-4-6-15(21)7-5-14)26(20)12-16-3-2-9-28-16/h2-7,9,11H,8,10,12H2,1H3,(H,22,25,27). The number of furan rings is 1. The van der Waals surface area contributed by atoms with Gasteiger partial charge in [0.2, 0.25) is 5.91 Å². The van der Waals surface area contributed by atoms with Gasteiger partial charge in [-0.25, -0.2) is 0 Å². The Morgan fingerprint density at radius 3 is 2.77 bits per heavy atom. The predicted octanol–water partition coefficient (Wildman–Crippen LogP) is 4.66. The van der Waals surface area contributed by atoms with Gasteiger partial charge in [-0.1, -0.05) is 28.5 Å². The van der Waals surface area contributed by atoms with Crippen molar-refractivity contribution in [2.75, 3.05) is 11.1 Å². The van der Waals surface area contributed by atoms with Crippen LogP contribution in [0.2, 0.25) is 5.02 Å². The summed E-state index contributed by atoms with van der Waals surface area (Å²) in [4.78, 5) is 12.1. The van der Waals surface area contributed by atoms with Crippen molar-refractivity contribution in [2.24, 2.45) is 0 Å². The minimum atomic E-state index is -0.147. The van der Waals surface area contributed by atoms with Gasteiger partial charge >= 0.3 is 0 Å². The maximum absolute atomic E-state index is 12.1. The molecule has 1 N–H and O–H groups in total. The van der Waals surface area contributed by atoms with E-state index in [0.29, 0.717) is 46.3 Å². The van der Waals surface area contributed by atoms with Crippen LogP contribution in [-0.2, 0) is 11.3 Å². The number of benzene rings is 1. The summed E-state index contributed by atoms with van der Waals surface area (Å²) in [6.07, 6.45) is 1.92. The maximum atomic E-state index is 12.1. The third-order valence-electron chi connectivity index (χ3n) is 4.17. The molecule has 8 nitrogen and oxygen atoms in total. The molecule has 0 saturated heterocycles. The molecule has 0 fully saturated rings. The molecule has 0 saturated carbocycles. The highest BCUT2D eigenvalue weighted by Crippen LogP contribution is 2.26. The molecule has 0 radical (unpaired) electrons. The van der Waals surface area contributed by atoms with Crippen LogP contribution in [0.25, 0.3) is 11.4 Å². The van der Waals surface area contributed by atoms with Crippen molar-refractivity contribution >= 4 is 35.1 Å². The SMILES string of the molecule is Cc1cc(NC(=O)CCSc2nnc(-c3ccc(Cl)cc3)n2Cc2ccco2)no1. The number of halogens is 1. The third kappa shape index (κ3) is 4.92. The molecule has 30 heavy (non-hydrogen) atoms. The van der Waals surface area contributed by atoms with Crippen molar-refractivity contribution in [1.82, 2.24) is 19.9 Å². The second-order valence-corrected chi connectivity index (χ2v) is 7.95. The van der Waals surface area contributed by atoms with Crippen LogP contribution in [0.4, 0.5) is 5.82 Å². The van der Waals surface area contributed by atoms with Gasteiger partial charge in [-0.15, -0.1) is 10.2 Å². The smallest absolute Gasteiger partial charge is 0.226 e. The van der Waals surface area contributed by atoms with Crippen LogP contribution in [0.15, 0.2) is 62.8 Å². The molecule has 0 atom stereocenters. The summed E-state index contributed by atoms with van der Waals surface area (Å²) < 4.78 is 12.4. The number of hydrogen-bond acceptors (Lipinski definition) is 7. The van der Waals surface area contributed by atoms with E-state index in [9.17, 15) is 4.79 Å². The van der Waals surface area contributed by atoms with Gasteiger partial charge in [0.25, 0.3) is 0 Å². The van der Waals surface area contributed by atoms with E-state index < -0.39 is 0 Å². The van der Waals surface area contributed by atoms with Crippen LogP contribution >= 0.6 is 23.4 Å². The van der Waals surface area contributed by atoms with Gasteiger partial charge in [0.1, 0.15) is 11.5 Å². The van der Waals surface area contributed by atoms with Crippen LogP contribution in [-0.4, -0.2) is 31.6 Å². The number of carbonyl (C=O) groups is 1. The van der Waals surface area contributed by atoms with Crippen LogP contribution in [0.1, 0.15) is 17.9 Å². The van der Waals surface area contributed by atoms with E-state index in [-0.39, 0.29) is 5.91 Å². The van der Waals surface area contributed by atoms with Gasteiger partial charge < -0.3 is 14.3 Å². The lowest BCUT2D eigenvalue weighted by molar-refractivity contribution is -0.115. The summed E-state index contributed by atoms with van der Waals surface area (Å²) >= 11 is 7.46. The van der Waals surface area contributed by atoms with E-state index in [1.165, 1.54) is 11.8 Å². The van der Waals surface area contributed by atoms with E-state index >= 15 is 0 Å². The Bertz CT molecular complexity index is 1120. The van der Waals surface area contributed by atoms with Crippen LogP contribution in [0.5, 0.6) is 0 Å². The van der Waals surface area contributed by atoms with Crippen molar-refractivity contribution in [3.63, 3.8) is 0 Å². The van der Waals surface area contributed by atoms with E-state index in [2.05, 4.69) is 20.7 Å². The van der Waals surface area contributed by atoms with Crippen LogP contribution < -0.4 is 5.32 Å². The lowest BCUT2D eigenvalue weighted by Gasteiger charge is -2.09. The summed E-state index contributed by atoms with van der Waals surface area (Å²) in [5.74, 6) is 2.92. The molecule has 1 amide bonds. The van der Waals surface area contributed by atoms with Gasteiger partial charge in [0, 0.05) is 28.8 Å². The number of aromatic nitrogens is 4. The molecule has 4 aromatic rings. The zero-order valence-electron chi connectivity index (χ0n) is 16.0. The normalized spacial score (nSPS) is 11.0. The number of anilines is 1. The van der Waals surface area contributed by atoms with Gasteiger partial charge in [-0.3, -0.25) is 9.36 Å². The minimum Gasteiger partial charge on any atom is -0.467 e. The Labute approximate surface area is 181 Å². The summed E-state index contributed by atoms with van der Waals surface area (Å²) in [5, 5.41) is 16.5. The lowest BCUT2D eigenvalue weighted by Crippen LogP contribution is -2.12. The Balaban J connectivity index is 1.46. The highest BCUT2D eigenvalue weighted by Gasteiger charge is 2.16. The average Bonchev–Trinajstić information content (AvgIpc) is 3.46. The summed E-state index contributed by atoms with van der Waals surface area (Å²) in [5.41, 5.74) is 0.893. The highest BCUT2D eigenvalue weighted by molar-refractivity contribution is 7.99. The van der Waals surface area contributed by atoms with E-state index in [0.717, 1.165) is 11.3 Å². The van der Waals surface area contributed by atoms with Crippen molar-refractivity contribution in [1.29, 1.82) is 0 Å². The van der Waals surface area contributed by atoms with E-state index in [1.54, 1.807) is 19.3 Å². The number of hydrogen-bond donors (Lipinski definition) is 1. The Morgan fingerprint density at radius 2 is 2.07 bits per heavy atom. The first-order chi connectivity index (χ1) is 14.6. The summed E-state index contributed by atoms with van der Waals surface area (Å²) in [6.45, 7) is 2.24. The Kier molecular flexibility index (Phi) is 6.20. The summed E-state index contributed by atoms with van der Waals surface area (Å²) in [7, 11) is 0. The first-order valence-corrected chi connectivity index (χ1v) is 10.5. The molecule has 4 rings (SSSR count). The molecule has 3 aromatic heterocycles. The molecule has 0 aliphatic carbocycles. The number of thioether (sulfide) groups is 1. The zero-order chi connectivity index (χ0) is 20.9. The van der Waals surface area contributed by atoms with Crippen molar-refractivity contribution in [2.45, 2.75) is 25.0 Å². The zero-order valence-corrected chi connectivity index (χ0v) is 17.6.